The van der Waals surface area contributed by atoms with Gasteiger partial charge < -0.3 is 14.6 Å². The van der Waals surface area contributed by atoms with Crippen LogP contribution < -0.4 is 9.62 Å². The van der Waals surface area contributed by atoms with Gasteiger partial charge in [0.2, 0.25) is 10.0 Å². The second-order valence-corrected chi connectivity index (χ2v) is 9.65. The molecule has 2 aromatic rings. The predicted molar refractivity (Wildman–Crippen MR) is 117 cm³/mol. The van der Waals surface area contributed by atoms with Crippen LogP contribution in [0.4, 0.5) is 5.69 Å². The van der Waals surface area contributed by atoms with Crippen molar-refractivity contribution in [2.45, 2.75) is 32.4 Å². The highest BCUT2D eigenvalue weighted by atomic mass is 32.2. The lowest BCUT2D eigenvalue weighted by molar-refractivity contribution is 0.0687. The van der Waals surface area contributed by atoms with E-state index >= 15 is 0 Å². The summed E-state index contributed by atoms with van der Waals surface area (Å²) < 4.78 is 27.8. The molecule has 162 valence electrons. The van der Waals surface area contributed by atoms with Crippen molar-refractivity contribution in [3.8, 4) is 17.2 Å². The number of carboxylic acid groups (broad SMARTS) is 1. The number of aromatic carboxylic acids is 1. The number of aromatic nitrogens is 1. The molecule has 0 radical (unpaired) electrons. The van der Waals surface area contributed by atoms with Crippen LogP contribution in [0.1, 0.15) is 42.5 Å². The van der Waals surface area contributed by atoms with Crippen molar-refractivity contribution in [2.75, 3.05) is 25.0 Å². The molecule has 2 N–H and O–H groups in total. The first-order valence-electron chi connectivity index (χ1n) is 9.70. The van der Waals surface area contributed by atoms with Crippen molar-refractivity contribution in [3.63, 3.8) is 0 Å². The number of benzene rings is 1. The Hall–Kier alpha value is -2.83. The van der Waals surface area contributed by atoms with Crippen molar-refractivity contribution in [1.29, 1.82) is 5.26 Å². The Balaban J connectivity index is 2.28. The molecule has 0 aliphatic heterocycles. The summed E-state index contributed by atoms with van der Waals surface area (Å²) in [5.74, 6) is -1.08. The lowest BCUT2D eigenvalue weighted by Gasteiger charge is -2.20. The summed E-state index contributed by atoms with van der Waals surface area (Å²) in [6.45, 7) is 5.88. The topological polar surface area (TPSA) is 115 Å². The molecule has 2 rings (SSSR count). The zero-order valence-corrected chi connectivity index (χ0v) is 18.7. The molecule has 0 amide bonds. The summed E-state index contributed by atoms with van der Waals surface area (Å²) in [4.78, 5) is 13.7. The molecular weight excluding hydrogens is 404 g/mol. The van der Waals surface area contributed by atoms with Crippen LogP contribution in [0.2, 0.25) is 0 Å². The van der Waals surface area contributed by atoms with E-state index in [4.69, 9.17) is 0 Å². The van der Waals surface area contributed by atoms with Crippen LogP contribution in [0.5, 0.6) is 0 Å². The number of likely N-dealkylation sites (N-methyl/N-ethyl adjacent to an activating group) is 1. The number of anilines is 1. The maximum atomic E-state index is 11.8. The second-order valence-electron chi connectivity index (χ2n) is 7.33. The molecule has 0 saturated carbocycles. The van der Waals surface area contributed by atoms with Gasteiger partial charge in [0.05, 0.1) is 10.8 Å². The minimum absolute atomic E-state index is 0.0904. The summed E-state index contributed by atoms with van der Waals surface area (Å²) in [7, 11) is 0.198. The molecule has 1 aromatic carbocycles. The number of hydrogen-bond acceptors (Lipinski definition) is 5. The number of nitrogens with one attached hydrogen (secondary N) is 1. The molecule has 0 spiro atoms. The van der Waals surface area contributed by atoms with E-state index in [9.17, 15) is 23.6 Å². The van der Waals surface area contributed by atoms with Crippen molar-refractivity contribution >= 4 is 21.7 Å². The summed E-state index contributed by atoms with van der Waals surface area (Å²) in [6.07, 6.45) is 0.548. The number of rotatable bonds is 9. The van der Waals surface area contributed by atoms with Crippen LogP contribution in [0.25, 0.3) is 11.1 Å². The summed E-state index contributed by atoms with van der Waals surface area (Å²) in [6, 6.07) is 9.39. The largest absolute Gasteiger partial charge is 0.477 e. The van der Waals surface area contributed by atoms with Gasteiger partial charge in [-0.1, -0.05) is 19.1 Å². The third-order valence-corrected chi connectivity index (χ3v) is 6.98. The molecule has 0 atom stereocenters. The van der Waals surface area contributed by atoms with Gasteiger partial charge in [-0.25, -0.2) is 17.9 Å². The minimum atomic E-state index is -3.31. The minimum Gasteiger partial charge on any atom is -0.477 e. The van der Waals surface area contributed by atoms with Gasteiger partial charge in [-0.05, 0) is 38.0 Å². The molecule has 0 saturated heterocycles. The fourth-order valence-electron chi connectivity index (χ4n) is 3.33. The summed E-state index contributed by atoms with van der Waals surface area (Å²) >= 11 is 0. The van der Waals surface area contributed by atoms with Crippen molar-refractivity contribution < 1.29 is 18.3 Å². The van der Waals surface area contributed by atoms with Gasteiger partial charge in [0.1, 0.15) is 11.8 Å². The summed E-state index contributed by atoms with van der Waals surface area (Å²) in [5, 5.41) is 18.8. The first-order chi connectivity index (χ1) is 14.0. The highest BCUT2D eigenvalue weighted by Gasteiger charge is 2.25. The standard InChI is InChI=1S/C21H28N4O4S/c1-6-18-17(13-22)19(20(21(26)27)25(18)5)15-7-9-16(10-8-15)24(4)12-11-23-30(28,29)14(2)3/h7-10,14,23H,6,11-12H2,1-5H3,(H,26,27). The highest BCUT2D eigenvalue weighted by molar-refractivity contribution is 7.90. The Morgan fingerprint density at radius 2 is 1.90 bits per heavy atom. The number of hydrogen-bond donors (Lipinski definition) is 2. The van der Waals surface area contributed by atoms with Crippen LogP contribution in [0.3, 0.4) is 0 Å². The smallest absolute Gasteiger partial charge is 0.353 e. The zero-order valence-electron chi connectivity index (χ0n) is 17.9. The molecule has 0 aliphatic carbocycles. The van der Waals surface area contributed by atoms with Gasteiger partial charge in [-0.15, -0.1) is 0 Å². The first kappa shape index (κ1) is 23.4. The molecule has 8 nitrogen and oxygen atoms in total. The first-order valence-corrected chi connectivity index (χ1v) is 11.2. The Bertz CT molecular complexity index is 1060. The van der Waals surface area contributed by atoms with Gasteiger partial charge in [0.15, 0.2) is 0 Å². The predicted octanol–water partition coefficient (Wildman–Crippen LogP) is 2.59. The Morgan fingerprint density at radius 1 is 1.30 bits per heavy atom. The van der Waals surface area contributed by atoms with Crippen molar-refractivity contribution in [3.05, 3.63) is 41.2 Å². The third kappa shape index (κ3) is 4.66. The average molecular weight is 433 g/mol. The van der Waals surface area contributed by atoms with Gasteiger partial charge >= 0.3 is 5.97 Å². The molecule has 1 heterocycles. The SMILES string of the molecule is CCc1c(C#N)c(-c2ccc(N(C)CCNS(=O)(=O)C(C)C)cc2)c(C(=O)O)n1C. The molecule has 0 bridgehead atoms. The van der Waals surface area contributed by atoms with Crippen LogP contribution >= 0.6 is 0 Å². The number of carboxylic acids is 1. The molecule has 9 heteroatoms. The lowest BCUT2D eigenvalue weighted by atomic mass is 9.99. The Labute approximate surface area is 177 Å². The van der Waals surface area contributed by atoms with E-state index in [0.29, 0.717) is 35.3 Å². The van der Waals surface area contributed by atoms with Gasteiger partial charge in [-0.3, -0.25) is 0 Å². The molecule has 0 aliphatic rings. The monoisotopic (exact) mass is 432 g/mol. The quantitative estimate of drug-likeness (QED) is 0.629. The average Bonchev–Trinajstić information content (AvgIpc) is 2.99. The van der Waals surface area contributed by atoms with E-state index in [1.54, 1.807) is 37.6 Å². The number of sulfonamides is 1. The highest BCUT2D eigenvalue weighted by Crippen LogP contribution is 2.33. The molecule has 0 unspecified atom stereocenters. The van der Waals surface area contributed by atoms with Crippen LogP contribution in [0.15, 0.2) is 24.3 Å². The summed E-state index contributed by atoms with van der Waals surface area (Å²) in [5.41, 5.74) is 3.07. The van der Waals surface area contributed by atoms with E-state index in [-0.39, 0.29) is 12.2 Å². The zero-order chi connectivity index (χ0) is 22.6. The van der Waals surface area contributed by atoms with E-state index in [1.165, 1.54) is 0 Å². The number of carbonyl (C=O) groups is 1. The third-order valence-electron chi connectivity index (χ3n) is 5.13. The molecular formula is C21H28N4O4S. The lowest BCUT2D eigenvalue weighted by Crippen LogP contribution is -2.36. The Kier molecular flexibility index (Phi) is 7.29. The van der Waals surface area contributed by atoms with Crippen LogP contribution in [0, 0.1) is 11.3 Å². The Morgan fingerprint density at radius 3 is 2.37 bits per heavy atom. The molecule has 0 fully saturated rings. The maximum Gasteiger partial charge on any atom is 0.353 e. The van der Waals surface area contributed by atoms with E-state index < -0.39 is 21.2 Å². The second kappa shape index (κ2) is 9.32. The van der Waals surface area contributed by atoms with Gasteiger partial charge in [-0.2, -0.15) is 5.26 Å². The van der Waals surface area contributed by atoms with Crippen LogP contribution in [-0.4, -0.2) is 49.4 Å². The van der Waals surface area contributed by atoms with Crippen LogP contribution in [-0.2, 0) is 23.5 Å². The van der Waals surface area contributed by atoms with E-state index in [0.717, 1.165) is 5.69 Å². The molecule has 1 aromatic heterocycles. The van der Waals surface area contributed by atoms with E-state index in [1.807, 2.05) is 31.0 Å². The maximum absolute atomic E-state index is 11.8. The molecule has 30 heavy (non-hydrogen) atoms. The van der Waals surface area contributed by atoms with Gasteiger partial charge in [0.25, 0.3) is 0 Å². The normalized spacial score (nSPS) is 11.5. The van der Waals surface area contributed by atoms with Crippen molar-refractivity contribution in [2.24, 2.45) is 7.05 Å². The van der Waals surface area contributed by atoms with Gasteiger partial charge in [0, 0.05) is 44.1 Å². The number of nitrogens with zero attached hydrogens (tertiary/aromatic N) is 3. The van der Waals surface area contributed by atoms with Crippen molar-refractivity contribution in [1.82, 2.24) is 9.29 Å². The van der Waals surface area contributed by atoms with E-state index in [2.05, 4.69) is 10.8 Å². The number of nitriles is 1. The fourth-order valence-corrected chi connectivity index (χ4v) is 4.04. The fraction of sp³-hybridized carbons (Fsp3) is 0.429.